The summed E-state index contributed by atoms with van der Waals surface area (Å²) in [6.07, 6.45) is 6.10. The third-order valence-electron chi connectivity index (χ3n) is 9.42. The van der Waals surface area contributed by atoms with Gasteiger partial charge in [-0.1, -0.05) is 87.7 Å². The number of unbranched alkanes of at least 4 members (excludes halogenated alkanes) is 3. The first-order chi connectivity index (χ1) is 22.0. The molecule has 0 bridgehead atoms. The predicted molar refractivity (Wildman–Crippen MR) is 202 cm³/mol. The number of hydrogen-bond acceptors (Lipinski definition) is 1. The minimum absolute atomic E-state index is 0.0276. The van der Waals surface area contributed by atoms with Crippen LogP contribution in [-0.4, -0.2) is 24.8 Å². The van der Waals surface area contributed by atoms with E-state index >= 15 is 0 Å². The molecule has 1 aromatic heterocycles. The quantitative estimate of drug-likeness (QED) is 0.0773. The Bertz CT molecular complexity index is 1920. The summed E-state index contributed by atoms with van der Waals surface area (Å²) in [5.41, 5.74) is 8.15. The van der Waals surface area contributed by atoms with Crippen LogP contribution >= 0.6 is 17.0 Å². The van der Waals surface area contributed by atoms with Crippen molar-refractivity contribution in [1.82, 2.24) is 4.57 Å². The molecule has 6 heteroatoms. The van der Waals surface area contributed by atoms with Gasteiger partial charge in [0.2, 0.25) is 0 Å². The van der Waals surface area contributed by atoms with Crippen molar-refractivity contribution in [3.05, 3.63) is 96.1 Å². The molecule has 0 saturated heterocycles. The standard InChI is InChI=1S/C40H47NOSi.2ClH.Zr/c1-28-26-35-31(32-19-15-22-37-38(32)34-17-11-12-21-36(34)41(37)5)18-14-20-33(35)39(28)43(6,7)30-24-23-29(27-30)16-10-8-9-13-25-42-40(2,3)4;;;/h11-12,14-15,17-24,26-27H,8-10,13,16,25H2,1-7H3;2*1H;/q-2;;;+4/p-2. The van der Waals surface area contributed by atoms with Crippen molar-refractivity contribution < 1.29 is 25.6 Å². The number of hydrogen-bond donors (Lipinski definition) is 0. The van der Waals surface area contributed by atoms with Gasteiger partial charge in [-0.2, -0.15) is 28.9 Å². The third kappa shape index (κ3) is 7.53. The minimum atomic E-state index is -1.91. The van der Waals surface area contributed by atoms with Crippen LogP contribution in [0.1, 0.15) is 57.6 Å². The van der Waals surface area contributed by atoms with Crippen molar-refractivity contribution in [2.75, 3.05) is 6.61 Å². The number of ether oxygens (including phenoxy) is 1. The van der Waals surface area contributed by atoms with Crippen molar-refractivity contribution in [2.45, 2.75) is 78.5 Å². The molecule has 6 aromatic rings. The SMILES string of the molecule is Cc1cc2c(-c3cccc4c3c3ccccc3n4C)cccc2[c-]1[Si](C)(C)[c-]1ccc(CCCCCCOC(C)(C)C)c1.[Cl][Zr+2][Cl]. The molecule has 0 spiro atoms. The van der Waals surface area contributed by atoms with Gasteiger partial charge in [-0.3, -0.25) is 0 Å². The number of benzene rings is 3. The van der Waals surface area contributed by atoms with Crippen molar-refractivity contribution in [1.29, 1.82) is 0 Å². The van der Waals surface area contributed by atoms with E-state index < -0.39 is 28.9 Å². The van der Waals surface area contributed by atoms with Gasteiger partial charge in [0.05, 0.1) is 5.60 Å². The normalized spacial score (nSPS) is 12.1. The summed E-state index contributed by atoms with van der Waals surface area (Å²) < 4.78 is 8.22. The van der Waals surface area contributed by atoms with Gasteiger partial charge >= 0.3 is 37.9 Å². The van der Waals surface area contributed by atoms with E-state index in [4.69, 9.17) is 21.8 Å². The second kappa shape index (κ2) is 15.1. The Kier molecular flexibility index (Phi) is 11.6. The number of rotatable bonds is 10. The molecule has 5 aromatic carbocycles. The zero-order chi connectivity index (χ0) is 33.1. The summed E-state index contributed by atoms with van der Waals surface area (Å²) in [4.78, 5) is 0. The fraction of sp³-hybridized carbons (Fsp3) is 0.350. The molecule has 0 aliphatic heterocycles. The van der Waals surface area contributed by atoms with Gasteiger partial charge in [-0.25, -0.2) is 6.07 Å². The molecule has 0 N–H and O–H groups in total. The Morgan fingerprint density at radius 2 is 1.50 bits per heavy atom. The van der Waals surface area contributed by atoms with E-state index in [-0.39, 0.29) is 5.60 Å². The first-order valence-corrected chi connectivity index (χ1v) is 25.8. The molecule has 0 saturated carbocycles. The average Bonchev–Trinajstić information content (AvgIpc) is 3.71. The van der Waals surface area contributed by atoms with Gasteiger partial charge in [-0.15, -0.1) is 33.7 Å². The summed E-state index contributed by atoms with van der Waals surface area (Å²) in [6.45, 7) is 14.7. The maximum atomic E-state index is 5.88. The number of nitrogens with zero attached hydrogens (tertiary/aromatic N) is 1. The summed E-state index contributed by atoms with van der Waals surface area (Å²) in [7, 11) is 10.1. The van der Waals surface area contributed by atoms with Gasteiger partial charge < -0.3 is 9.30 Å². The first kappa shape index (κ1) is 35.4. The molecular weight excluding hydrogens is 701 g/mol. The molecule has 0 aliphatic rings. The second-order valence-electron chi connectivity index (χ2n) is 14.1. The summed E-state index contributed by atoms with van der Waals surface area (Å²) in [6, 6.07) is 32.4. The Balaban J connectivity index is 0.00000134. The van der Waals surface area contributed by atoms with Crippen molar-refractivity contribution in [3.8, 4) is 11.1 Å². The summed E-state index contributed by atoms with van der Waals surface area (Å²) in [5.74, 6) is 0. The Hall–Kier alpha value is -1.94. The number of aryl methyl sites for hydroxylation is 3. The van der Waals surface area contributed by atoms with Gasteiger partial charge in [-0.05, 0) is 44.9 Å². The van der Waals surface area contributed by atoms with Crippen molar-refractivity contribution >= 4 is 68.1 Å². The van der Waals surface area contributed by atoms with Crippen LogP contribution in [0.5, 0.6) is 0 Å². The fourth-order valence-corrected chi connectivity index (χ4v) is 10.6. The fourth-order valence-electron chi connectivity index (χ4n) is 7.28. The molecule has 0 unspecified atom stereocenters. The van der Waals surface area contributed by atoms with Crippen LogP contribution in [0.2, 0.25) is 13.1 Å². The van der Waals surface area contributed by atoms with Gasteiger partial charge in [0, 0.05) is 43.5 Å². The van der Waals surface area contributed by atoms with E-state index in [2.05, 4.69) is 137 Å². The number of aromatic nitrogens is 1. The van der Waals surface area contributed by atoms with E-state index in [1.54, 1.807) is 10.4 Å². The van der Waals surface area contributed by atoms with Crippen molar-refractivity contribution in [3.63, 3.8) is 0 Å². The molecule has 6 rings (SSSR count). The molecule has 2 nitrogen and oxygen atoms in total. The van der Waals surface area contributed by atoms with Gasteiger partial charge in [0.1, 0.15) is 0 Å². The van der Waals surface area contributed by atoms with Crippen LogP contribution in [0.15, 0.2) is 84.9 Å². The van der Waals surface area contributed by atoms with Crippen LogP contribution < -0.4 is 10.4 Å². The first-order valence-electron chi connectivity index (χ1n) is 16.5. The molecule has 1 heterocycles. The van der Waals surface area contributed by atoms with Crippen LogP contribution in [0.25, 0.3) is 43.7 Å². The zero-order valence-corrected chi connectivity index (χ0v) is 33.4. The van der Waals surface area contributed by atoms with E-state index in [1.807, 2.05) is 0 Å². The van der Waals surface area contributed by atoms with Gasteiger partial charge in [0.25, 0.3) is 0 Å². The molecule has 46 heavy (non-hydrogen) atoms. The Morgan fingerprint density at radius 3 is 2.26 bits per heavy atom. The van der Waals surface area contributed by atoms with Crippen LogP contribution in [0.4, 0.5) is 0 Å². The molecule has 0 fully saturated rings. The van der Waals surface area contributed by atoms with E-state index in [1.165, 1.54) is 80.5 Å². The predicted octanol–water partition coefficient (Wildman–Crippen LogP) is 11.0. The molecule has 240 valence electrons. The van der Waals surface area contributed by atoms with Crippen LogP contribution in [0, 0.1) is 6.92 Å². The summed E-state index contributed by atoms with van der Waals surface area (Å²) >= 11 is -0.826. The zero-order valence-electron chi connectivity index (χ0n) is 28.4. The van der Waals surface area contributed by atoms with Gasteiger partial charge in [0.15, 0.2) is 0 Å². The molecule has 0 aliphatic carbocycles. The number of fused-ring (bicyclic) bond motifs is 4. The van der Waals surface area contributed by atoms with Crippen LogP contribution in [0.3, 0.4) is 0 Å². The second-order valence-corrected chi connectivity index (χ2v) is 22.1. The Morgan fingerprint density at radius 1 is 0.826 bits per heavy atom. The molecule has 0 radical (unpaired) electrons. The molecular formula is C40H47Cl2NOSiZr. The summed E-state index contributed by atoms with van der Waals surface area (Å²) in [5, 5.41) is 8.65. The number of halogens is 2. The monoisotopic (exact) mass is 745 g/mol. The van der Waals surface area contributed by atoms with Crippen LogP contribution in [-0.2, 0) is 39.1 Å². The van der Waals surface area contributed by atoms with Crippen molar-refractivity contribution in [2.24, 2.45) is 7.05 Å². The van der Waals surface area contributed by atoms with E-state index in [0.717, 1.165) is 13.0 Å². The maximum absolute atomic E-state index is 5.88. The van der Waals surface area contributed by atoms with E-state index in [9.17, 15) is 0 Å². The molecule has 0 amide bonds. The average molecular weight is 748 g/mol. The van der Waals surface area contributed by atoms with E-state index in [0.29, 0.717) is 0 Å². The Labute approximate surface area is 295 Å². The molecule has 0 atom stereocenters. The topological polar surface area (TPSA) is 14.2 Å². The third-order valence-corrected chi connectivity index (χ3v) is 13.1. The number of para-hydroxylation sites is 1.